The van der Waals surface area contributed by atoms with Gasteiger partial charge in [-0.3, -0.25) is 4.79 Å². The lowest BCUT2D eigenvalue weighted by Crippen LogP contribution is -2.31. The molecule has 3 nitrogen and oxygen atoms in total. The molecule has 17 heavy (non-hydrogen) atoms. The Balaban J connectivity index is 1.82. The highest BCUT2D eigenvalue weighted by Gasteiger charge is 2.17. The zero-order valence-electron chi connectivity index (χ0n) is 9.62. The van der Waals surface area contributed by atoms with Gasteiger partial charge in [-0.1, -0.05) is 0 Å². The van der Waals surface area contributed by atoms with Gasteiger partial charge in [0.05, 0.1) is 0 Å². The Bertz CT molecular complexity index is 372. The number of nitrogens with one attached hydrogen (secondary N) is 1. The molecule has 1 aliphatic heterocycles. The zero-order chi connectivity index (χ0) is 12.1. The lowest BCUT2D eigenvalue weighted by atomic mass is 9.96. The highest BCUT2D eigenvalue weighted by atomic mass is 19.1. The largest absolute Gasteiger partial charge is 0.427 e. The number of esters is 1. The summed E-state index contributed by atoms with van der Waals surface area (Å²) in [7, 11) is 0. The predicted molar refractivity (Wildman–Crippen MR) is 62.2 cm³/mol. The average Bonchev–Trinajstić information content (AvgIpc) is 2.33. The molecule has 0 saturated carbocycles. The molecule has 0 aliphatic carbocycles. The molecule has 92 valence electrons. The summed E-state index contributed by atoms with van der Waals surface area (Å²) in [6, 6.07) is 5.49. The number of hydrogen-bond acceptors (Lipinski definition) is 3. The van der Waals surface area contributed by atoms with Gasteiger partial charge in [0.2, 0.25) is 0 Å². The second kappa shape index (κ2) is 5.77. The van der Waals surface area contributed by atoms with Crippen LogP contribution < -0.4 is 10.1 Å². The molecule has 1 saturated heterocycles. The highest BCUT2D eigenvalue weighted by molar-refractivity contribution is 5.72. The minimum Gasteiger partial charge on any atom is -0.427 e. The molecular weight excluding hydrogens is 221 g/mol. The van der Waals surface area contributed by atoms with Crippen LogP contribution in [0.15, 0.2) is 24.3 Å². The molecule has 1 aromatic rings. The topological polar surface area (TPSA) is 38.3 Å². The van der Waals surface area contributed by atoms with Crippen molar-refractivity contribution in [1.82, 2.24) is 5.32 Å². The first-order valence-corrected chi connectivity index (χ1v) is 5.91. The molecule has 1 fully saturated rings. The summed E-state index contributed by atoms with van der Waals surface area (Å²) < 4.78 is 17.8. The van der Waals surface area contributed by atoms with Gasteiger partial charge in [-0.05, 0) is 56.1 Å². The second-order valence-electron chi connectivity index (χ2n) is 4.34. The van der Waals surface area contributed by atoms with Crippen molar-refractivity contribution >= 4 is 5.97 Å². The van der Waals surface area contributed by atoms with Crippen molar-refractivity contribution in [2.24, 2.45) is 5.92 Å². The van der Waals surface area contributed by atoms with E-state index >= 15 is 0 Å². The fourth-order valence-corrected chi connectivity index (χ4v) is 2.01. The van der Waals surface area contributed by atoms with Gasteiger partial charge in [-0.15, -0.1) is 0 Å². The molecule has 1 heterocycles. The molecule has 1 unspecified atom stereocenters. The van der Waals surface area contributed by atoms with Crippen molar-refractivity contribution in [2.75, 3.05) is 13.1 Å². The van der Waals surface area contributed by atoms with Crippen LogP contribution in [0.4, 0.5) is 4.39 Å². The number of carbonyl (C=O) groups is 1. The molecule has 0 radical (unpaired) electrons. The van der Waals surface area contributed by atoms with Gasteiger partial charge in [0, 0.05) is 6.42 Å². The van der Waals surface area contributed by atoms with Gasteiger partial charge in [-0.25, -0.2) is 4.39 Å². The Kier molecular flexibility index (Phi) is 4.09. The third kappa shape index (κ3) is 3.82. The number of benzene rings is 1. The summed E-state index contributed by atoms with van der Waals surface area (Å²) in [5.74, 6) is 0.184. The first-order chi connectivity index (χ1) is 8.24. The Morgan fingerprint density at radius 1 is 1.41 bits per heavy atom. The van der Waals surface area contributed by atoms with Gasteiger partial charge in [-0.2, -0.15) is 0 Å². The molecule has 1 N–H and O–H groups in total. The number of rotatable bonds is 3. The summed E-state index contributed by atoms with van der Waals surface area (Å²) in [4.78, 5) is 11.6. The minimum absolute atomic E-state index is 0.245. The lowest BCUT2D eigenvalue weighted by Gasteiger charge is -2.21. The fraction of sp³-hybridized carbons (Fsp3) is 0.462. The quantitative estimate of drug-likeness (QED) is 0.646. The summed E-state index contributed by atoms with van der Waals surface area (Å²) in [6.07, 6.45) is 2.59. The predicted octanol–water partition coefficient (Wildman–Crippen LogP) is 2.12. The molecule has 1 aromatic carbocycles. The number of carbonyl (C=O) groups excluding carboxylic acids is 1. The molecule has 1 aliphatic rings. The number of piperidine rings is 1. The van der Waals surface area contributed by atoms with E-state index in [0.717, 1.165) is 25.9 Å². The van der Waals surface area contributed by atoms with E-state index in [2.05, 4.69) is 5.32 Å². The Morgan fingerprint density at radius 2 is 2.18 bits per heavy atom. The SMILES string of the molecule is O=C(CC1CCCNC1)Oc1ccc(F)cc1. The van der Waals surface area contributed by atoms with Gasteiger partial charge < -0.3 is 10.1 Å². The van der Waals surface area contributed by atoms with Gasteiger partial charge in [0.25, 0.3) is 0 Å². The Hall–Kier alpha value is -1.42. The van der Waals surface area contributed by atoms with E-state index in [-0.39, 0.29) is 11.8 Å². The number of hydrogen-bond donors (Lipinski definition) is 1. The summed E-state index contributed by atoms with van der Waals surface area (Å²) >= 11 is 0. The van der Waals surface area contributed by atoms with Crippen LogP contribution in [0.5, 0.6) is 5.75 Å². The third-order valence-corrected chi connectivity index (χ3v) is 2.90. The van der Waals surface area contributed by atoms with E-state index in [4.69, 9.17) is 4.74 Å². The molecule has 0 bridgehead atoms. The molecule has 0 aromatic heterocycles. The van der Waals surface area contributed by atoms with E-state index < -0.39 is 0 Å². The highest BCUT2D eigenvalue weighted by Crippen LogP contribution is 2.17. The lowest BCUT2D eigenvalue weighted by molar-refractivity contribution is -0.135. The van der Waals surface area contributed by atoms with Crippen molar-refractivity contribution in [3.63, 3.8) is 0 Å². The van der Waals surface area contributed by atoms with Gasteiger partial charge in [0.1, 0.15) is 11.6 Å². The van der Waals surface area contributed by atoms with Crippen LogP contribution in [0.1, 0.15) is 19.3 Å². The van der Waals surface area contributed by atoms with Crippen LogP contribution in [0.25, 0.3) is 0 Å². The van der Waals surface area contributed by atoms with Crippen LogP contribution in [0, 0.1) is 11.7 Å². The maximum atomic E-state index is 12.6. The Labute approximate surface area is 100.0 Å². The maximum Gasteiger partial charge on any atom is 0.311 e. The summed E-state index contributed by atoms with van der Waals surface area (Å²) in [6.45, 7) is 1.90. The summed E-state index contributed by atoms with van der Waals surface area (Å²) in [5, 5.41) is 3.25. The second-order valence-corrected chi connectivity index (χ2v) is 4.34. The minimum atomic E-state index is -0.332. The third-order valence-electron chi connectivity index (χ3n) is 2.90. The standard InChI is InChI=1S/C13H16FNO2/c14-11-3-5-12(6-4-11)17-13(16)8-10-2-1-7-15-9-10/h3-6,10,15H,1-2,7-9H2. The maximum absolute atomic E-state index is 12.6. The van der Waals surface area contributed by atoms with Crippen molar-refractivity contribution < 1.29 is 13.9 Å². The van der Waals surface area contributed by atoms with Crippen molar-refractivity contribution in [2.45, 2.75) is 19.3 Å². The average molecular weight is 237 g/mol. The molecule has 4 heteroatoms. The van der Waals surface area contributed by atoms with Crippen molar-refractivity contribution in [3.8, 4) is 5.75 Å². The van der Waals surface area contributed by atoms with E-state index in [9.17, 15) is 9.18 Å². The van der Waals surface area contributed by atoms with Crippen LogP contribution in [0.2, 0.25) is 0 Å². The van der Waals surface area contributed by atoms with Crippen LogP contribution in [-0.4, -0.2) is 19.1 Å². The molecule has 0 amide bonds. The van der Waals surface area contributed by atoms with Crippen LogP contribution in [-0.2, 0) is 4.79 Å². The van der Waals surface area contributed by atoms with E-state index in [1.165, 1.54) is 24.3 Å². The molecule has 0 spiro atoms. The normalized spacial score (nSPS) is 19.9. The molecule has 1 atom stereocenters. The monoisotopic (exact) mass is 237 g/mol. The number of ether oxygens (including phenoxy) is 1. The first-order valence-electron chi connectivity index (χ1n) is 5.91. The zero-order valence-corrected chi connectivity index (χ0v) is 9.62. The van der Waals surface area contributed by atoms with E-state index in [0.29, 0.717) is 18.1 Å². The smallest absolute Gasteiger partial charge is 0.311 e. The number of halogens is 1. The molecule has 2 rings (SSSR count). The Morgan fingerprint density at radius 3 is 2.82 bits per heavy atom. The molecular formula is C13H16FNO2. The first kappa shape index (κ1) is 12.0. The van der Waals surface area contributed by atoms with Gasteiger partial charge >= 0.3 is 5.97 Å². The van der Waals surface area contributed by atoms with Gasteiger partial charge in [0.15, 0.2) is 0 Å². The van der Waals surface area contributed by atoms with Crippen molar-refractivity contribution in [1.29, 1.82) is 0 Å². The summed E-state index contributed by atoms with van der Waals surface area (Å²) in [5.41, 5.74) is 0. The van der Waals surface area contributed by atoms with Crippen LogP contribution >= 0.6 is 0 Å². The van der Waals surface area contributed by atoms with Crippen molar-refractivity contribution in [3.05, 3.63) is 30.1 Å². The van der Waals surface area contributed by atoms with Crippen LogP contribution in [0.3, 0.4) is 0 Å². The van der Waals surface area contributed by atoms with E-state index in [1.54, 1.807) is 0 Å². The fourth-order valence-electron chi connectivity index (χ4n) is 2.01. The van der Waals surface area contributed by atoms with E-state index in [1.807, 2.05) is 0 Å².